The van der Waals surface area contributed by atoms with Gasteiger partial charge in [0.25, 0.3) is 0 Å². The third-order valence-corrected chi connectivity index (χ3v) is 5.96. The fraction of sp³-hybridized carbons (Fsp3) is 0.417. The molecule has 0 aromatic heterocycles. The summed E-state index contributed by atoms with van der Waals surface area (Å²) in [5.41, 5.74) is 1.26. The molecule has 2 aliphatic rings. The maximum atomic E-state index is 11.3. The van der Waals surface area contributed by atoms with Crippen LogP contribution in [0.5, 0.6) is 11.5 Å². The Labute approximate surface area is 166 Å². The average molecular weight is 378 g/mol. The van der Waals surface area contributed by atoms with Crippen LogP contribution in [0.3, 0.4) is 0 Å². The van der Waals surface area contributed by atoms with Gasteiger partial charge in [0.15, 0.2) is 11.2 Å². The predicted octanol–water partition coefficient (Wildman–Crippen LogP) is 3.46. The first-order valence-electron chi connectivity index (χ1n) is 9.81. The quantitative estimate of drug-likeness (QED) is 0.786. The van der Waals surface area contributed by atoms with Crippen molar-refractivity contribution in [3.05, 3.63) is 58.7 Å². The Hall–Kier alpha value is -2.48. The van der Waals surface area contributed by atoms with Gasteiger partial charge in [0, 0.05) is 0 Å². The minimum atomic E-state index is -1.25. The molecule has 0 spiro atoms. The smallest absolute Gasteiger partial charge is 0.151 e. The lowest BCUT2D eigenvalue weighted by Crippen LogP contribution is -2.32. The summed E-state index contributed by atoms with van der Waals surface area (Å²) in [5, 5.41) is 22.6. The molecule has 0 amide bonds. The Bertz CT molecular complexity index is 879. The molecule has 0 unspecified atom stereocenters. The van der Waals surface area contributed by atoms with E-state index in [-0.39, 0.29) is 0 Å². The molecule has 0 radical (unpaired) electrons. The van der Waals surface area contributed by atoms with E-state index in [1.165, 1.54) is 0 Å². The summed E-state index contributed by atoms with van der Waals surface area (Å²) in [6, 6.07) is 11.4. The Morgan fingerprint density at radius 2 is 1.18 bits per heavy atom. The number of methoxy groups -OCH3 is 2. The number of fused-ring (bicyclic) bond motifs is 2. The fourth-order valence-electron chi connectivity index (χ4n) is 4.42. The third kappa shape index (κ3) is 3.26. The van der Waals surface area contributed by atoms with Crippen LogP contribution in [0.4, 0.5) is 0 Å². The summed E-state index contributed by atoms with van der Waals surface area (Å²) in [6.45, 7) is 0. The highest BCUT2D eigenvalue weighted by Gasteiger charge is 2.36. The number of rotatable bonds is 2. The van der Waals surface area contributed by atoms with Crippen LogP contribution >= 0.6 is 0 Å². The lowest BCUT2D eigenvalue weighted by Gasteiger charge is -2.33. The monoisotopic (exact) mass is 378 g/mol. The van der Waals surface area contributed by atoms with Gasteiger partial charge in [0.1, 0.15) is 11.5 Å². The number of hydrogen-bond acceptors (Lipinski definition) is 4. The van der Waals surface area contributed by atoms with Crippen LogP contribution in [-0.4, -0.2) is 24.4 Å². The first-order valence-corrected chi connectivity index (χ1v) is 9.81. The van der Waals surface area contributed by atoms with Crippen molar-refractivity contribution >= 4 is 0 Å². The maximum absolute atomic E-state index is 11.3. The summed E-state index contributed by atoms with van der Waals surface area (Å²) in [4.78, 5) is 0. The Kier molecular flexibility index (Phi) is 4.82. The van der Waals surface area contributed by atoms with E-state index in [1.807, 2.05) is 36.4 Å². The van der Waals surface area contributed by atoms with Crippen molar-refractivity contribution in [3.63, 3.8) is 0 Å². The minimum absolute atomic E-state index is 0.560. The molecule has 2 aliphatic carbocycles. The number of benzene rings is 2. The topological polar surface area (TPSA) is 58.9 Å². The van der Waals surface area contributed by atoms with Gasteiger partial charge in [-0.1, -0.05) is 24.0 Å². The first-order chi connectivity index (χ1) is 13.5. The molecule has 0 bridgehead atoms. The van der Waals surface area contributed by atoms with Crippen LogP contribution in [0.25, 0.3) is 0 Å². The molecule has 0 aliphatic heterocycles. The van der Waals surface area contributed by atoms with Crippen molar-refractivity contribution in [2.75, 3.05) is 14.2 Å². The average Bonchev–Trinajstić information content (AvgIpc) is 2.72. The van der Waals surface area contributed by atoms with Crippen molar-refractivity contribution in [3.8, 4) is 23.3 Å². The van der Waals surface area contributed by atoms with Gasteiger partial charge < -0.3 is 19.7 Å². The zero-order chi connectivity index (χ0) is 19.8. The summed E-state index contributed by atoms with van der Waals surface area (Å²) in [6.07, 6.45) is 4.59. The van der Waals surface area contributed by atoms with E-state index in [2.05, 4.69) is 11.8 Å². The summed E-state index contributed by atoms with van der Waals surface area (Å²) in [5.74, 6) is 7.67. The van der Waals surface area contributed by atoms with Gasteiger partial charge in [-0.25, -0.2) is 0 Å². The van der Waals surface area contributed by atoms with E-state index < -0.39 is 11.2 Å². The summed E-state index contributed by atoms with van der Waals surface area (Å²) in [7, 11) is 3.28. The van der Waals surface area contributed by atoms with E-state index in [0.29, 0.717) is 12.8 Å². The molecule has 146 valence electrons. The minimum Gasteiger partial charge on any atom is -0.497 e. The van der Waals surface area contributed by atoms with Gasteiger partial charge in [-0.05, 0) is 85.0 Å². The van der Waals surface area contributed by atoms with Gasteiger partial charge in [0.05, 0.1) is 14.2 Å². The third-order valence-electron chi connectivity index (χ3n) is 5.96. The Morgan fingerprint density at radius 3 is 1.57 bits per heavy atom. The second-order valence-corrected chi connectivity index (χ2v) is 7.72. The maximum Gasteiger partial charge on any atom is 0.151 e. The van der Waals surface area contributed by atoms with E-state index in [9.17, 15) is 10.2 Å². The number of aliphatic hydroxyl groups is 2. The molecule has 28 heavy (non-hydrogen) atoms. The summed E-state index contributed by atoms with van der Waals surface area (Å²) < 4.78 is 10.6. The summed E-state index contributed by atoms with van der Waals surface area (Å²) >= 11 is 0. The van der Waals surface area contributed by atoms with Crippen LogP contribution in [0, 0.1) is 11.8 Å². The van der Waals surface area contributed by atoms with E-state index in [0.717, 1.165) is 59.4 Å². The largest absolute Gasteiger partial charge is 0.497 e. The molecular formula is C24H26O4. The molecular weight excluding hydrogens is 352 g/mol. The SMILES string of the molecule is COc1ccc2c(c1)CCC[C@]2(O)C#C[C@]1(O)CCCc2cc(OC)ccc21. The van der Waals surface area contributed by atoms with Gasteiger partial charge >= 0.3 is 0 Å². The molecule has 2 aromatic rings. The molecule has 0 saturated heterocycles. The molecule has 0 heterocycles. The van der Waals surface area contributed by atoms with Gasteiger partial charge in [0.2, 0.25) is 0 Å². The lowest BCUT2D eigenvalue weighted by molar-refractivity contribution is 0.0683. The Balaban J connectivity index is 1.72. The van der Waals surface area contributed by atoms with Crippen LogP contribution in [0.2, 0.25) is 0 Å². The molecule has 0 fully saturated rings. The van der Waals surface area contributed by atoms with Crippen LogP contribution in [-0.2, 0) is 24.0 Å². The van der Waals surface area contributed by atoms with E-state index >= 15 is 0 Å². The zero-order valence-electron chi connectivity index (χ0n) is 16.4. The molecule has 2 atom stereocenters. The lowest BCUT2D eigenvalue weighted by atomic mass is 9.76. The van der Waals surface area contributed by atoms with Crippen molar-refractivity contribution in [1.29, 1.82) is 0 Å². The number of hydrogen-bond donors (Lipinski definition) is 2. The molecule has 2 N–H and O–H groups in total. The predicted molar refractivity (Wildman–Crippen MR) is 107 cm³/mol. The molecule has 4 nitrogen and oxygen atoms in total. The van der Waals surface area contributed by atoms with Crippen LogP contribution in [0.15, 0.2) is 36.4 Å². The van der Waals surface area contributed by atoms with Gasteiger partial charge in [-0.15, -0.1) is 0 Å². The fourth-order valence-corrected chi connectivity index (χ4v) is 4.42. The highest BCUT2D eigenvalue weighted by molar-refractivity contribution is 5.48. The zero-order valence-corrected chi connectivity index (χ0v) is 16.4. The molecule has 2 aromatic carbocycles. The van der Waals surface area contributed by atoms with Crippen molar-refractivity contribution < 1.29 is 19.7 Å². The normalized spacial score (nSPS) is 25.7. The first kappa shape index (κ1) is 18.9. The highest BCUT2D eigenvalue weighted by Crippen LogP contribution is 2.39. The number of aryl methyl sites for hydroxylation is 2. The second-order valence-electron chi connectivity index (χ2n) is 7.72. The van der Waals surface area contributed by atoms with E-state index in [4.69, 9.17) is 9.47 Å². The van der Waals surface area contributed by atoms with Crippen LogP contribution in [0.1, 0.15) is 47.9 Å². The molecule has 4 heteroatoms. The van der Waals surface area contributed by atoms with Crippen LogP contribution < -0.4 is 9.47 Å². The highest BCUT2D eigenvalue weighted by atomic mass is 16.5. The van der Waals surface area contributed by atoms with Gasteiger partial charge in [-0.3, -0.25) is 0 Å². The molecule has 0 saturated carbocycles. The standard InChI is InChI=1S/C24H26O4/c1-27-19-7-9-21-17(15-19)5-3-11-23(21,25)13-14-24(26)12-4-6-18-16-20(28-2)8-10-22(18)24/h7-10,15-16,25-26H,3-6,11-12H2,1-2H3/t23-,24+. The van der Waals surface area contributed by atoms with Crippen molar-refractivity contribution in [2.24, 2.45) is 0 Å². The Morgan fingerprint density at radius 1 is 0.750 bits per heavy atom. The van der Waals surface area contributed by atoms with Gasteiger partial charge in [-0.2, -0.15) is 0 Å². The van der Waals surface area contributed by atoms with Crippen molar-refractivity contribution in [1.82, 2.24) is 0 Å². The van der Waals surface area contributed by atoms with E-state index in [1.54, 1.807) is 14.2 Å². The van der Waals surface area contributed by atoms with Crippen molar-refractivity contribution in [2.45, 2.75) is 49.7 Å². The number of ether oxygens (including phenoxy) is 2. The second kappa shape index (κ2) is 7.16. The molecule has 4 rings (SSSR count).